The second-order valence-corrected chi connectivity index (χ2v) is 12.5. The third-order valence-electron chi connectivity index (χ3n) is 8.35. The van der Waals surface area contributed by atoms with Crippen LogP contribution in [0.25, 0.3) is 22.3 Å². The maximum Gasteiger partial charge on any atom is 0.119 e. The van der Waals surface area contributed by atoms with Crippen LogP contribution in [-0.2, 0) is 18.9 Å². The molecule has 0 spiro atoms. The van der Waals surface area contributed by atoms with Crippen molar-refractivity contribution in [1.82, 2.24) is 0 Å². The monoisotopic (exact) mass is 668 g/mol. The van der Waals surface area contributed by atoms with Crippen molar-refractivity contribution in [3.63, 3.8) is 0 Å². The topological polar surface area (TPSA) is 80.4 Å². The Labute approximate surface area is 290 Å². The Morgan fingerprint density at radius 2 is 0.878 bits per heavy atom. The Morgan fingerprint density at radius 1 is 0.490 bits per heavy atom. The van der Waals surface area contributed by atoms with Crippen molar-refractivity contribution >= 4 is 0 Å². The molecule has 6 rings (SSSR count). The van der Waals surface area contributed by atoms with E-state index in [-0.39, 0.29) is 18.3 Å². The zero-order valence-corrected chi connectivity index (χ0v) is 28.4. The van der Waals surface area contributed by atoms with Crippen LogP contribution in [0.3, 0.4) is 0 Å². The SMILES string of the molecule is CC(CCCCCOc1ccc(-c2ccc(OCCOCC3CO3)cc2)cc1)Oc1ccc(-c2ccc(OCCOCC3CO3)cc2)cc1. The highest BCUT2D eigenvalue weighted by Gasteiger charge is 2.22. The first-order valence-corrected chi connectivity index (χ1v) is 17.5. The van der Waals surface area contributed by atoms with Crippen LogP contribution in [0.15, 0.2) is 97.1 Å². The van der Waals surface area contributed by atoms with Crippen LogP contribution in [0.1, 0.15) is 32.6 Å². The highest BCUT2D eigenvalue weighted by atomic mass is 16.6. The van der Waals surface area contributed by atoms with Gasteiger partial charge in [-0.3, -0.25) is 0 Å². The third kappa shape index (κ3) is 12.4. The number of hydrogen-bond donors (Lipinski definition) is 0. The Kier molecular flexibility index (Phi) is 13.2. The van der Waals surface area contributed by atoms with Gasteiger partial charge in [0, 0.05) is 0 Å². The van der Waals surface area contributed by atoms with Gasteiger partial charge in [-0.05, 0) is 103 Å². The van der Waals surface area contributed by atoms with Gasteiger partial charge >= 0.3 is 0 Å². The van der Waals surface area contributed by atoms with Crippen molar-refractivity contribution in [1.29, 1.82) is 0 Å². The van der Waals surface area contributed by atoms with Gasteiger partial charge in [0.15, 0.2) is 0 Å². The molecule has 4 aromatic carbocycles. The molecule has 0 amide bonds. The van der Waals surface area contributed by atoms with E-state index < -0.39 is 0 Å². The molecule has 2 fully saturated rings. The Bertz CT molecular complexity index is 1500. The van der Waals surface area contributed by atoms with E-state index in [4.69, 9.17) is 37.9 Å². The van der Waals surface area contributed by atoms with Gasteiger partial charge in [-0.15, -0.1) is 0 Å². The fraction of sp³-hybridized carbons (Fsp3) is 0.415. The highest BCUT2D eigenvalue weighted by Crippen LogP contribution is 2.27. The quantitative estimate of drug-likeness (QED) is 0.0581. The van der Waals surface area contributed by atoms with E-state index in [2.05, 4.69) is 55.5 Å². The summed E-state index contributed by atoms with van der Waals surface area (Å²) in [6, 6.07) is 32.9. The van der Waals surface area contributed by atoms with E-state index >= 15 is 0 Å². The molecule has 8 heteroatoms. The summed E-state index contributed by atoms with van der Waals surface area (Å²) < 4.78 is 45.0. The van der Waals surface area contributed by atoms with Crippen molar-refractivity contribution in [3.8, 4) is 45.3 Å². The van der Waals surface area contributed by atoms with Gasteiger partial charge in [0.1, 0.15) is 48.4 Å². The number of ether oxygens (including phenoxy) is 8. The molecule has 260 valence electrons. The Balaban J connectivity index is 0.810. The van der Waals surface area contributed by atoms with Gasteiger partial charge in [0.05, 0.1) is 52.4 Å². The fourth-order valence-corrected chi connectivity index (χ4v) is 5.34. The fourth-order valence-electron chi connectivity index (χ4n) is 5.34. The number of rotatable bonds is 23. The summed E-state index contributed by atoms with van der Waals surface area (Å²) in [7, 11) is 0. The lowest BCUT2D eigenvalue weighted by atomic mass is 10.1. The average molecular weight is 669 g/mol. The maximum absolute atomic E-state index is 6.19. The third-order valence-corrected chi connectivity index (χ3v) is 8.35. The molecule has 2 aliphatic rings. The highest BCUT2D eigenvalue weighted by molar-refractivity contribution is 5.65. The smallest absolute Gasteiger partial charge is 0.119 e. The minimum atomic E-state index is 0.152. The lowest BCUT2D eigenvalue weighted by molar-refractivity contribution is 0.0878. The van der Waals surface area contributed by atoms with Crippen LogP contribution in [0.2, 0.25) is 0 Å². The predicted molar refractivity (Wildman–Crippen MR) is 190 cm³/mol. The van der Waals surface area contributed by atoms with Crippen LogP contribution in [0.5, 0.6) is 23.0 Å². The van der Waals surface area contributed by atoms with Crippen molar-refractivity contribution in [2.45, 2.75) is 50.9 Å². The number of benzene rings is 4. The molecule has 2 saturated heterocycles. The summed E-state index contributed by atoms with van der Waals surface area (Å²) in [5.74, 6) is 3.47. The van der Waals surface area contributed by atoms with Gasteiger partial charge in [-0.1, -0.05) is 48.5 Å². The summed E-state index contributed by atoms with van der Waals surface area (Å²) in [4.78, 5) is 0. The first-order valence-electron chi connectivity index (χ1n) is 17.5. The zero-order valence-electron chi connectivity index (χ0n) is 28.4. The first-order chi connectivity index (χ1) is 24.2. The molecule has 0 N–H and O–H groups in total. The van der Waals surface area contributed by atoms with E-state index in [1.165, 1.54) is 0 Å². The van der Waals surface area contributed by atoms with Crippen LogP contribution in [-0.4, -0.2) is 77.8 Å². The molecule has 8 nitrogen and oxygen atoms in total. The van der Waals surface area contributed by atoms with Gasteiger partial charge in [-0.2, -0.15) is 0 Å². The zero-order chi connectivity index (χ0) is 33.5. The summed E-state index contributed by atoms with van der Waals surface area (Å²) in [6.45, 7) is 7.96. The standard InChI is InChI=1S/C41H48O8/c1-31(49-39-20-12-35(13-21-39)34-10-18-38(19-11-34)46-26-24-43-28-41-30-48-41)5-3-2-4-22-44-36-14-6-32(7-15-36)33-8-16-37(17-9-33)45-25-23-42-27-40-29-47-40/h6-21,31,40-41H,2-5,22-30H2,1H3. The molecule has 0 saturated carbocycles. The van der Waals surface area contributed by atoms with Crippen LogP contribution in [0.4, 0.5) is 0 Å². The van der Waals surface area contributed by atoms with Crippen molar-refractivity contribution in [2.24, 2.45) is 0 Å². The Hall–Kier alpha value is -4.08. The molecule has 3 atom stereocenters. The molecule has 49 heavy (non-hydrogen) atoms. The predicted octanol–water partition coefficient (Wildman–Crippen LogP) is 8.02. The van der Waals surface area contributed by atoms with Gasteiger partial charge in [0.2, 0.25) is 0 Å². The van der Waals surface area contributed by atoms with Gasteiger partial charge < -0.3 is 37.9 Å². The summed E-state index contributed by atoms with van der Waals surface area (Å²) in [5, 5.41) is 0. The first kappa shape index (κ1) is 34.8. The molecule has 2 aliphatic heterocycles. The molecule has 0 radical (unpaired) electrons. The molecule has 0 bridgehead atoms. The van der Waals surface area contributed by atoms with E-state index in [1.54, 1.807) is 0 Å². The van der Waals surface area contributed by atoms with Crippen LogP contribution >= 0.6 is 0 Å². The molecule has 4 aromatic rings. The van der Waals surface area contributed by atoms with E-state index in [9.17, 15) is 0 Å². The summed E-state index contributed by atoms with van der Waals surface area (Å²) >= 11 is 0. The van der Waals surface area contributed by atoms with Crippen LogP contribution in [0, 0.1) is 0 Å². The molecular weight excluding hydrogens is 620 g/mol. The van der Waals surface area contributed by atoms with Crippen molar-refractivity contribution < 1.29 is 37.9 Å². The normalized spacial score (nSPS) is 16.9. The lowest BCUT2D eigenvalue weighted by Crippen LogP contribution is -2.11. The summed E-state index contributed by atoms with van der Waals surface area (Å²) in [6.07, 6.45) is 4.94. The Morgan fingerprint density at radius 3 is 1.29 bits per heavy atom. The second-order valence-electron chi connectivity index (χ2n) is 12.5. The largest absolute Gasteiger partial charge is 0.494 e. The average Bonchev–Trinajstić information content (AvgIpc) is 4.08. The van der Waals surface area contributed by atoms with Gasteiger partial charge in [-0.25, -0.2) is 0 Å². The molecule has 3 unspecified atom stereocenters. The number of epoxide rings is 2. The van der Waals surface area contributed by atoms with Crippen molar-refractivity contribution in [2.75, 3.05) is 59.5 Å². The minimum Gasteiger partial charge on any atom is -0.494 e. The molecule has 2 heterocycles. The minimum absolute atomic E-state index is 0.152. The van der Waals surface area contributed by atoms with E-state index in [1.807, 2.05) is 48.5 Å². The molecule has 0 aliphatic carbocycles. The lowest BCUT2D eigenvalue weighted by Gasteiger charge is -2.15. The maximum atomic E-state index is 6.19. The molecule has 0 aromatic heterocycles. The number of hydrogen-bond acceptors (Lipinski definition) is 8. The molecular formula is C41H48O8. The van der Waals surface area contributed by atoms with Crippen molar-refractivity contribution in [3.05, 3.63) is 97.1 Å². The summed E-state index contributed by atoms with van der Waals surface area (Å²) in [5.41, 5.74) is 4.57. The second kappa shape index (κ2) is 18.6. The van der Waals surface area contributed by atoms with E-state index in [0.29, 0.717) is 46.2 Å². The van der Waals surface area contributed by atoms with E-state index in [0.717, 1.165) is 84.1 Å². The van der Waals surface area contributed by atoms with Gasteiger partial charge in [0.25, 0.3) is 0 Å². The van der Waals surface area contributed by atoms with Crippen LogP contribution < -0.4 is 18.9 Å². The number of unbranched alkanes of at least 4 members (excludes halogenated alkanes) is 2.